The fourth-order valence-corrected chi connectivity index (χ4v) is 3.06. The molecule has 5 heteroatoms. The summed E-state index contributed by atoms with van der Waals surface area (Å²) < 4.78 is 20.6. The Bertz CT molecular complexity index is 791. The van der Waals surface area contributed by atoms with Crippen LogP contribution in [0.2, 0.25) is 5.02 Å². The van der Waals surface area contributed by atoms with Gasteiger partial charge >= 0.3 is 0 Å². The van der Waals surface area contributed by atoms with Gasteiger partial charge in [0.25, 0.3) is 0 Å². The molecule has 1 fully saturated rings. The summed E-state index contributed by atoms with van der Waals surface area (Å²) in [5.74, 6) is -0.499. The quantitative estimate of drug-likeness (QED) is 0.792. The first kappa shape index (κ1) is 17.9. The fourth-order valence-electron chi connectivity index (χ4n) is 2.87. The van der Waals surface area contributed by atoms with E-state index in [1.807, 2.05) is 25.1 Å². The van der Waals surface area contributed by atoms with Gasteiger partial charge in [-0.2, -0.15) is 0 Å². The van der Waals surface area contributed by atoms with Gasteiger partial charge in [0.1, 0.15) is 5.82 Å². The largest absolute Gasteiger partial charge is 0.373 e. The lowest BCUT2D eigenvalue weighted by atomic mass is 9.88. The van der Waals surface area contributed by atoms with E-state index in [1.165, 1.54) is 0 Å². The van der Waals surface area contributed by atoms with E-state index in [9.17, 15) is 9.18 Å². The van der Waals surface area contributed by atoms with Crippen LogP contribution in [0.25, 0.3) is 0 Å². The molecule has 1 N–H and O–H groups in total. The lowest BCUT2D eigenvalue weighted by Gasteiger charge is -2.29. The molecule has 0 aliphatic heterocycles. The maximum absolute atomic E-state index is 14.9. The van der Waals surface area contributed by atoms with Gasteiger partial charge in [-0.1, -0.05) is 35.9 Å². The second kappa shape index (κ2) is 7.14. The zero-order valence-electron chi connectivity index (χ0n) is 14.3. The molecule has 0 saturated heterocycles. The number of ether oxygens (including phenoxy) is 1. The molecule has 1 saturated carbocycles. The molecule has 1 aliphatic carbocycles. The van der Waals surface area contributed by atoms with Gasteiger partial charge in [0.15, 0.2) is 0 Å². The van der Waals surface area contributed by atoms with Crippen LogP contribution in [0.1, 0.15) is 30.9 Å². The first-order valence-electron chi connectivity index (χ1n) is 8.32. The number of anilines is 1. The lowest BCUT2D eigenvalue weighted by Crippen LogP contribution is -2.28. The summed E-state index contributed by atoms with van der Waals surface area (Å²) in [4.78, 5) is 11.9. The molecule has 0 aromatic heterocycles. The van der Waals surface area contributed by atoms with Crippen LogP contribution >= 0.6 is 11.6 Å². The van der Waals surface area contributed by atoms with Gasteiger partial charge in [0.05, 0.1) is 11.3 Å². The Balaban J connectivity index is 1.86. The zero-order valence-corrected chi connectivity index (χ0v) is 15.1. The van der Waals surface area contributed by atoms with E-state index in [-0.39, 0.29) is 17.5 Å². The van der Waals surface area contributed by atoms with Crippen molar-refractivity contribution in [2.24, 2.45) is 5.92 Å². The molecule has 0 spiro atoms. The van der Waals surface area contributed by atoms with Crippen molar-refractivity contribution in [2.45, 2.75) is 31.8 Å². The first-order chi connectivity index (χ1) is 11.9. The normalized spacial score (nSPS) is 16.3. The van der Waals surface area contributed by atoms with E-state index in [2.05, 4.69) is 5.32 Å². The van der Waals surface area contributed by atoms with Crippen LogP contribution in [0.15, 0.2) is 42.5 Å². The Labute approximate surface area is 152 Å². The fraction of sp³-hybridized carbons (Fsp3) is 0.350. The number of carbonyl (C=O) groups is 1. The van der Waals surface area contributed by atoms with Crippen molar-refractivity contribution in [1.82, 2.24) is 0 Å². The number of carbonyl (C=O) groups excluding carboxylic acids is 1. The molecule has 0 heterocycles. The molecule has 3 rings (SSSR count). The zero-order chi connectivity index (χ0) is 18.0. The highest BCUT2D eigenvalue weighted by molar-refractivity contribution is 6.30. The minimum atomic E-state index is -0.731. The second-order valence-electron chi connectivity index (χ2n) is 6.66. The van der Waals surface area contributed by atoms with Crippen molar-refractivity contribution in [3.8, 4) is 0 Å². The third-order valence-electron chi connectivity index (χ3n) is 4.70. The van der Waals surface area contributed by atoms with E-state index in [4.69, 9.17) is 16.3 Å². The Morgan fingerprint density at radius 2 is 2.04 bits per heavy atom. The summed E-state index contributed by atoms with van der Waals surface area (Å²) in [5, 5.41) is 3.29. The van der Waals surface area contributed by atoms with Crippen LogP contribution in [0.4, 0.5) is 10.1 Å². The van der Waals surface area contributed by atoms with Crippen molar-refractivity contribution in [2.75, 3.05) is 12.4 Å². The highest BCUT2D eigenvalue weighted by Crippen LogP contribution is 2.34. The van der Waals surface area contributed by atoms with Crippen molar-refractivity contribution in [1.29, 1.82) is 0 Å². The number of nitrogens with one attached hydrogen (secondary N) is 1. The average molecular weight is 362 g/mol. The summed E-state index contributed by atoms with van der Waals surface area (Å²) in [6.07, 6.45) is 2.08. The van der Waals surface area contributed by atoms with Gasteiger partial charge in [-0.15, -0.1) is 0 Å². The molecule has 1 aliphatic rings. The van der Waals surface area contributed by atoms with Gasteiger partial charge < -0.3 is 10.1 Å². The van der Waals surface area contributed by atoms with E-state index in [1.54, 1.807) is 31.4 Å². The number of hydrogen-bond donors (Lipinski definition) is 1. The molecule has 132 valence electrons. The van der Waals surface area contributed by atoms with Crippen LogP contribution < -0.4 is 5.32 Å². The Hall–Kier alpha value is -1.91. The summed E-state index contributed by atoms with van der Waals surface area (Å²) in [5.41, 5.74) is 0.844. The van der Waals surface area contributed by atoms with Crippen LogP contribution in [-0.4, -0.2) is 13.0 Å². The van der Waals surface area contributed by atoms with Crippen LogP contribution in [0.5, 0.6) is 0 Å². The lowest BCUT2D eigenvalue weighted by molar-refractivity contribution is -0.117. The number of halogens is 2. The molecule has 1 unspecified atom stereocenters. The molecular weight excluding hydrogens is 341 g/mol. The second-order valence-corrected chi connectivity index (χ2v) is 7.10. The summed E-state index contributed by atoms with van der Waals surface area (Å²) >= 11 is 6.08. The van der Waals surface area contributed by atoms with E-state index in [0.29, 0.717) is 17.0 Å². The minimum absolute atomic E-state index is 0.0266. The van der Waals surface area contributed by atoms with Crippen molar-refractivity contribution < 1.29 is 13.9 Å². The first-order valence-corrected chi connectivity index (χ1v) is 8.70. The third kappa shape index (κ3) is 4.02. The number of methoxy groups -OCH3 is 1. The number of benzene rings is 2. The van der Waals surface area contributed by atoms with Crippen molar-refractivity contribution in [3.05, 3.63) is 64.4 Å². The predicted octanol–water partition coefficient (Wildman–Crippen LogP) is 4.93. The molecule has 2 aromatic carbocycles. The van der Waals surface area contributed by atoms with E-state index in [0.717, 1.165) is 18.4 Å². The molecule has 0 bridgehead atoms. The number of rotatable bonds is 6. The summed E-state index contributed by atoms with van der Waals surface area (Å²) in [6, 6.07) is 12.4. The van der Waals surface area contributed by atoms with Gasteiger partial charge in [-0.25, -0.2) is 4.39 Å². The molecular formula is C20H21ClFNO2. The van der Waals surface area contributed by atoms with Gasteiger partial charge in [-0.05, 0) is 49.1 Å². The molecule has 25 heavy (non-hydrogen) atoms. The number of amides is 1. The predicted molar refractivity (Wildman–Crippen MR) is 97.3 cm³/mol. The van der Waals surface area contributed by atoms with E-state index < -0.39 is 11.4 Å². The summed E-state index contributed by atoms with van der Waals surface area (Å²) in [6.45, 7) is 1.90. The van der Waals surface area contributed by atoms with Gasteiger partial charge in [0.2, 0.25) is 5.91 Å². The Morgan fingerprint density at radius 1 is 1.32 bits per heavy atom. The number of hydrogen-bond acceptors (Lipinski definition) is 2. The van der Waals surface area contributed by atoms with Crippen LogP contribution in [0, 0.1) is 11.7 Å². The monoisotopic (exact) mass is 361 g/mol. The van der Waals surface area contributed by atoms with Crippen LogP contribution in [-0.2, 0) is 21.6 Å². The Morgan fingerprint density at radius 3 is 2.68 bits per heavy atom. The molecule has 0 radical (unpaired) electrons. The smallest absolute Gasteiger partial charge is 0.227 e. The van der Waals surface area contributed by atoms with Gasteiger partial charge in [-0.3, -0.25) is 4.79 Å². The average Bonchev–Trinajstić information content (AvgIpc) is 3.43. The van der Waals surface area contributed by atoms with Crippen molar-refractivity contribution in [3.63, 3.8) is 0 Å². The Kier molecular flexibility index (Phi) is 5.11. The van der Waals surface area contributed by atoms with E-state index >= 15 is 0 Å². The third-order valence-corrected chi connectivity index (χ3v) is 4.93. The highest BCUT2D eigenvalue weighted by atomic mass is 35.5. The highest BCUT2D eigenvalue weighted by Gasteiger charge is 2.31. The maximum Gasteiger partial charge on any atom is 0.227 e. The molecule has 1 atom stereocenters. The maximum atomic E-state index is 14.9. The summed E-state index contributed by atoms with van der Waals surface area (Å²) in [7, 11) is 1.59. The minimum Gasteiger partial charge on any atom is -0.373 e. The SMILES string of the molecule is COC(C)(Cc1cccc(NC(=O)C2CC2)c1F)c1cccc(Cl)c1. The molecule has 2 aromatic rings. The topological polar surface area (TPSA) is 38.3 Å². The van der Waals surface area contributed by atoms with Crippen LogP contribution in [0.3, 0.4) is 0 Å². The molecule has 3 nitrogen and oxygen atoms in total. The van der Waals surface area contributed by atoms with Crippen molar-refractivity contribution >= 4 is 23.2 Å². The standard InChI is InChI=1S/C20H21ClFNO2/c1-20(25-2,15-6-4-7-16(21)11-15)12-14-5-3-8-17(18(14)22)23-19(24)13-9-10-13/h3-8,11,13H,9-10,12H2,1-2H3,(H,23,24). The molecule has 1 amide bonds. The van der Waals surface area contributed by atoms with Gasteiger partial charge in [0, 0.05) is 24.5 Å².